The number of fused-ring (bicyclic) bond motifs is 1. The Morgan fingerprint density at radius 3 is 3.00 bits per heavy atom. The fourth-order valence-corrected chi connectivity index (χ4v) is 3.43. The second-order valence-corrected chi connectivity index (χ2v) is 5.31. The number of amides is 1. The summed E-state index contributed by atoms with van der Waals surface area (Å²) in [5.41, 5.74) is 1.63. The number of nitrogens with zero attached hydrogens (tertiary/aromatic N) is 2. The SMILES string of the molecule is Cc1[nH]ncc1C(=O)N1CCCC2CCCC21. The fourth-order valence-electron chi connectivity index (χ4n) is 3.43. The van der Waals surface area contributed by atoms with Gasteiger partial charge in [-0.15, -0.1) is 0 Å². The lowest BCUT2D eigenvalue weighted by Crippen LogP contribution is -2.46. The van der Waals surface area contributed by atoms with Crippen LogP contribution in [0.5, 0.6) is 0 Å². The minimum atomic E-state index is 0.174. The third-order valence-electron chi connectivity index (χ3n) is 4.31. The predicted octanol–water partition coefficient (Wildman–Crippen LogP) is 2.12. The van der Waals surface area contributed by atoms with Crippen molar-refractivity contribution in [1.82, 2.24) is 15.1 Å². The van der Waals surface area contributed by atoms with Crippen LogP contribution in [0, 0.1) is 12.8 Å². The first-order chi connectivity index (χ1) is 8.27. The van der Waals surface area contributed by atoms with Gasteiger partial charge in [-0.1, -0.05) is 6.42 Å². The maximum Gasteiger partial charge on any atom is 0.257 e. The van der Waals surface area contributed by atoms with Gasteiger partial charge < -0.3 is 4.90 Å². The number of aryl methyl sites for hydroxylation is 1. The molecule has 2 atom stereocenters. The van der Waals surface area contributed by atoms with Crippen LogP contribution in [0.2, 0.25) is 0 Å². The van der Waals surface area contributed by atoms with E-state index in [1.54, 1.807) is 6.20 Å². The van der Waals surface area contributed by atoms with Gasteiger partial charge in [0, 0.05) is 18.3 Å². The van der Waals surface area contributed by atoms with E-state index in [-0.39, 0.29) is 5.91 Å². The molecule has 1 saturated carbocycles. The van der Waals surface area contributed by atoms with Crippen molar-refractivity contribution in [3.8, 4) is 0 Å². The average molecular weight is 233 g/mol. The van der Waals surface area contributed by atoms with Crippen molar-refractivity contribution in [2.24, 2.45) is 5.92 Å². The molecule has 2 heterocycles. The summed E-state index contributed by atoms with van der Waals surface area (Å²) >= 11 is 0. The molecule has 4 nitrogen and oxygen atoms in total. The number of hydrogen-bond acceptors (Lipinski definition) is 2. The highest BCUT2D eigenvalue weighted by atomic mass is 16.2. The minimum Gasteiger partial charge on any atom is -0.335 e. The molecule has 0 radical (unpaired) electrons. The van der Waals surface area contributed by atoms with E-state index in [9.17, 15) is 4.79 Å². The summed E-state index contributed by atoms with van der Waals surface area (Å²) in [4.78, 5) is 14.6. The Bertz CT molecular complexity index is 426. The van der Waals surface area contributed by atoms with E-state index in [1.165, 1.54) is 25.7 Å². The number of likely N-dealkylation sites (tertiary alicyclic amines) is 1. The predicted molar refractivity (Wildman–Crippen MR) is 64.7 cm³/mol. The van der Waals surface area contributed by atoms with Gasteiger partial charge in [0.15, 0.2) is 0 Å². The van der Waals surface area contributed by atoms with Gasteiger partial charge in [-0.05, 0) is 38.5 Å². The molecule has 17 heavy (non-hydrogen) atoms. The Morgan fingerprint density at radius 1 is 1.41 bits per heavy atom. The van der Waals surface area contributed by atoms with Gasteiger partial charge in [-0.25, -0.2) is 0 Å². The molecule has 1 aromatic heterocycles. The van der Waals surface area contributed by atoms with Crippen LogP contribution >= 0.6 is 0 Å². The molecule has 1 aromatic rings. The summed E-state index contributed by atoms with van der Waals surface area (Å²) in [5, 5.41) is 6.80. The molecule has 92 valence electrons. The minimum absolute atomic E-state index is 0.174. The van der Waals surface area contributed by atoms with Crippen LogP contribution in [-0.2, 0) is 0 Å². The van der Waals surface area contributed by atoms with Crippen LogP contribution in [0.15, 0.2) is 6.20 Å². The van der Waals surface area contributed by atoms with Crippen molar-refractivity contribution in [3.05, 3.63) is 17.5 Å². The molecule has 2 aliphatic rings. The van der Waals surface area contributed by atoms with E-state index in [0.29, 0.717) is 6.04 Å². The van der Waals surface area contributed by atoms with Crippen LogP contribution in [0.4, 0.5) is 0 Å². The molecule has 4 heteroatoms. The molecule has 0 spiro atoms. The van der Waals surface area contributed by atoms with Crippen LogP contribution in [0.25, 0.3) is 0 Å². The quantitative estimate of drug-likeness (QED) is 0.807. The zero-order valence-corrected chi connectivity index (χ0v) is 10.3. The fraction of sp³-hybridized carbons (Fsp3) is 0.692. The van der Waals surface area contributed by atoms with Crippen molar-refractivity contribution in [1.29, 1.82) is 0 Å². The van der Waals surface area contributed by atoms with E-state index < -0.39 is 0 Å². The van der Waals surface area contributed by atoms with Crippen molar-refractivity contribution in [2.75, 3.05) is 6.54 Å². The molecule has 1 amide bonds. The lowest BCUT2D eigenvalue weighted by molar-refractivity contribution is 0.0547. The number of carbonyl (C=O) groups excluding carboxylic acids is 1. The van der Waals surface area contributed by atoms with Crippen LogP contribution < -0.4 is 0 Å². The zero-order chi connectivity index (χ0) is 11.8. The number of aromatic nitrogens is 2. The van der Waals surface area contributed by atoms with Gasteiger partial charge in [-0.2, -0.15) is 5.10 Å². The topological polar surface area (TPSA) is 49.0 Å². The Labute approximate surface area is 101 Å². The highest BCUT2D eigenvalue weighted by Crippen LogP contribution is 2.37. The number of carbonyl (C=O) groups is 1. The second-order valence-electron chi connectivity index (χ2n) is 5.31. The molecule has 1 saturated heterocycles. The standard InChI is InChI=1S/C13H19N3O/c1-9-11(8-14-15-9)13(17)16-7-3-5-10-4-2-6-12(10)16/h8,10,12H,2-7H2,1H3,(H,14,15). The lowest BCUT2D eigenvalue weighted by Gasteiger charge is -2.37. The number of H-pyrrole nitrogens is 1. The summed E-state index contributed by atoms with van der Waals surface area (Å²) < 4.78 is 0. The largest absolute Gasteiger partial charge is 0.335 e. The first-order valence-corrected chi connectivity index (χ1v) is 6.58. The van der Waals surface area contributed by atoms with Crippen molar-refractivity contribution < 1.29 is 4.79 Å². The summed E-state index contributed by atoms with van der Waals surface area (Å²) in [6.07, 6.45) is 7.90. The zero-order valence-electron chi connectivity index (χ0n) is 10.3. The van der Waals surface area contributed by atoms with Gasteiger partial charge in [-0.3, -0.25) is 9.89 Å². The maximum atomic E-state index is 12.5. The first kappa shape index (κ1) is 10.8. The van der Waals surface area contributed by atoms with Crippen LogP contribution in [-0.4, -0.2) is 33.6 Å². The number of piperidine rings is 1. The Kier molecular flexibility index (Phi) is 2.65. The van der Waals surface area contributed by atoms with Crippen LogP contribution in [0.1, 0.15) is 48.2 Å². The highest BCUT2D eigenvalue weighted by Gasteiger charge is 2.37. The molecule has 3 rings (SSSR count). The summed E-state index contributed by atoms with van der Waals surface area (Å²) in [6, 6.07) is 0.491. The molecule has 0 bridgehead atoms. The summed E-state index contributed by atoms with van der Waals surface area (Å²) in [5.74, 6) is 0.924. The molecule has 0 aromatic carbocycles. The smallest absolute Gasteiger partial charge is 0.257 e. The van der Waals surface area contributed by atoms with E-state index in [0.717, 1.165) is 30.1 Å². The number of aromatic amines is 1. The van der Waals surface area contributed by atoms with Crippen molar-refractivity contribution >= 4 is 5.91 Å². The van der Waals surface area contributed by atoms with E-state index in [1.807, 2.05) is 6.92 Å². The van der Waals surface area contributed by atoms with Gasteiger partial charge in [0.25, 0.3) is 5.91 Å². The number of nitrogens with one attached hydrogen (secondary N) is 1. The Morgan fingerprint density at radius 2 is 2.24 bits per heavy atom. The van der Waals surface area contributed by atoms with Gasteiger partial charge in [0.1, 0.15) is 0 Å². The molecular weight excluding hydrogens is 214 g/mol. The van der Waals surface area contributed by atoms with Crippen LogP contribution in [0.3, 0.4) is 0 Å². The second kappa shape index (κ2) is 4.17. The lowest BCUT2D eigenvalue weighted by atomic mass is 9.91. The third-order valence-corrected chi connectivity index (χ3v) is 4.31. The van der Waals surface area contributed by atoms with Gasteiger partial charge >= 0.3 is 0 Å². The third kappa shape index (κ3) is 1.75. The molecule has 2 fully saturated rings. The van der Waals surface area contributed by atoms with E-state index >= 15 is 0 Å². The number of rotatable bonds is 1. The number of hydrogen-bond donors (Lipinski definition) is 1. The monoisotopic (exact) mass is 233 g/mol. The van der Waals surface area contributed by atoms with Gasteiger partial charge in [0.2, 0.25) is 0 Å². The summed E-state index contributed by atoms with van der Waals surface area (Å²) in [6.45, 7) is 2.83. The maximum absolute atomic E-state index is 12.5. The van der Waals surface area contributed by atoms with E-state index in [4.69, 9.17) is 0 Å². The molecule has 1 aliphatic heterocycles. The van der Waals surface area contributed by atoms with Crippen molar-refractivity contribution in [2.45, 2.75) is 45.1 Å². The molecule has 2 unspecified atom stereocenters. The average Bonchev–Trinajstić information content (AvgIpc) is 2.95. The van der Waals surface area contributed by atoms with Gasteiger partial charge in [0.05, 0.1) is 11.8 Å². The highest BCUT2D eigenvalue weighted by molar-refractivity contribution is 5.95. The Hall–Kier alpha value is -1.32. The molecular formula is C13H19N3O. The normalized spacial score (nSPS) is 28.2. The Balaban J connectivity index is 1.83. The molecule has 1 N–H and O–H groups in total. The first-order valence-electron chi connectivity index (χ1n) is 6.58. The van der Waals surface area contributed by atoms with Crippen molar-refractivity contribution in [3.63, 3.8) is 0 Å². The van der Waals surface area contributed by atoms with E-state index in [2.05, 4.69) is 15.1 Å². The summed E-state index contributed by atoms with van der Waals surface area (Å²) in [7, 11) is 0. The molecule has 1 aliphatic carbocycles.